The van der Waals surface area contributed by atoms with E-state index >= 15 is 0 Å². The summed E-state index contributed by atoms with van der Waals surface area (Å²) >= 11 is 0. The number of hydrogen-bond acceptors (Lipinski definition) is 1. The highest BCUT2D eigenvalue weighted by molar-refractivity contribution is 5.64. The van der Waals surface area contributed by atoms with Crippen molar-refractivity contribution in [3.05, 3.63) is 59.7 Å². The second kappa shape index (κ2) is 5.12. The van der Waals surface area contributed by atoms with Gasteiger partial charge in [-0.05, 0) is 29.2 Å². The first-order chi connectivity index (χ1) is 8.72. The molecule has 3 heteroatoms. The van der Waals surface area contributed by atoms with Gasteiger partial charge in [-0.1, -0.05) is 30.3 Å². The standard InChI is InChI=1S/C15H7F2N/c16-14-9-12(11-5-2-1-3-6-11)10-15(17)13(14)7-4-8-18/h1-3,5-6,9-10H. The molecular formula is C15H7F2N. The molecular weight excluding hydrogens is 232 g/mol. The minimum atomic E-state index is -0.767. The van der Waals surface area contributed by atoms with Crippen LogP contribution in [0.5, 0.6) is 0 Å². The fourth-order valence-electron chi connectivity index (χ4n) is 1.58. The first kappa shape index (κ1) is 11.8. The van der Waals surface area contributed by atoms with Crippen LogP contribution in [0.15, 0.2) is 42.5 Å². The normalized spacial score (nSPS) is 9.17. The Hall–Kier alpha value is -2.65. The Morgan fingerprint density at radius 3 is 2.06 bits per heavy atom. The van der Waals surface area contributed by atoms with Crippen molar-refractivity contribution in [2.75, 3.05) is 0 Å². The van der Waals surface area contributed by atoms with E-state index in [2.05, 4.69) is 5.92 Å². The van der Waals surface area contributed by atoms with E-state index in [1.165, 1.54) is 18.2 Å². The summed E-state index contributed by atoms with van der Waals surface area (Å²) in [6, 6.07) is 12.9. The van der Waals surface area contributed by atoms with E-state index in [4.69, 9.17) is 5.26 Å². The van der Waals surface area contributed by atoms with Crippen molar-refractivity contribution in [1.82, 2.24) is 0 Å². The van der Waals surface area contributed by atoms with Gasteiger partial charge in [-0.3, -0.25) is 0 Å². The Bertz CT molecular complexity index is 650. The van der Waals surface area contributed by atoms with Crippen molar-refractivity contribution in [2.45, 2.75) is 0 Å². The highest BCUT2D eigenvalue weighted by atomic mass is 19.1. The van der Waals surface area contributed by atoms with E-state index in [0.29, 0.717) is 5.56 Å². The topological polar surface area (TPSA) is 23.8 Å². The van der Waals surface area contributed by atoms with Crippen molar-refractivity contribution < 1.29 is 8.78 Å². The van der Waals surface area contributed by atoms with E-state index in [1.54, 1.807) is 24.3 Å². The van der Waals surface area contributed by atoms with Gasteiger partial charge in [0, 0.05) is 5.92 Å². The maximum Gasteiger partial charge on any atom is 0.152 e. The summed E-state index contributed by atoms with van der Waals surface area (Å²) in [6.45, 7) is 0. The molecule has 0 atom stereocenters. The molecule has 0 aliphatic heterocycles. The third-order valence-corrected chi connectivity index (χ3v) is 2.39. The summed E-state index contributed by atoms with van der Waals surface area (Å²) in [5, 5.41) is 8.27. The monoisotopic (exact) mass is 239 g/mol. The second-order valence-corrected chi connectivity index (χ2v) is 3.54. The van der Waals surface area contributed by atoms with Gasteiger partial charge in [0.1, 0.15) is 11.6 Å². The maximum absolute atomic E-state index is 13.7. The summed E-state index contributed by atoms with van der Waals surface area (Å²) in [5.74, 6) is 2.60. The summed E-state index contributed by atoms with van der Waals surface area (Å²) in [4.78, 5) is 0. The SMILES string of the molecule is N#CC#Cc1c(F)cc(-c2ccccc2)cc1F. The molecule has 0 saturated heterocycles. The molecule has 0 bridgehead atoms. The Morgan fingerprint density at radius 2 is 1.50 bits per heavy atom. The van der Waals surface area contributed by atoms with Gasteiger partial charge in [-0.25, -0.2) is 8.78 Å². The van der Waals surface area contributed by atoms with Crippen molar-refractivity contribution in [3.63, 3.8) is 0 Å². The van der Waals surface area contributed by atoms with Crippen molar-refractivity contribution in [3.8, 4) is 29.0 Å². The van der Waals surface area contributed by atoms with Gasteiger partial charge in [0.05, 0.1) is 5.56 Å². The van der Waals surface area contributed by atoms with Crippen LogP contribution in [0.4, 0.5) is 8.78 Å². The number of nitriles is 1. The molecule has 2 aromatic carbocycles. The minimum absolute atomic E-state index is 0.378. The predicted octanol–water partition coefficient (Wildman–Crippen LogP) is 3.51. The first-order valence-corrected chi connectivity index (χ1v) is 5.17. The lowest BCUT2D eigenvalue weighted by Gasteiger charge is -2.04. The number of halogens is 2. The van der Waals surface area contributed by atoms with Gasteiger partial charge in [-0.15, -0.1) is 0 Å². The smallest absolute Gasteiger partial charge is 0.152 e. The fourth-order valence-corrected chi connectivity index (χ4v) is 1.58. The molecule has 0 heterocycles. The molecule has 0 aliphatic rings. The predicted molar refractivity (Wildman–Crippen MR) is 64.3 cm³/mol. The van der Waals surface area contributed by atoms with Crippen LogP contribution in [0.2, 0.25) is 0 Å². The van der Waals surface area contributed by atoms with Gasteiger partial charge >= 0.3 is 0 Å². The van der Waals surface area contributed by atoms with Crippen LogP contribution in [0.1, 0.15) is 5.56 Å². The zero-order valence-electron chi connectivity index (χ0n) is 9.24. The zero-order valence-corrected chi connectivity index (χ0v) is 9.24. The van der Waals surface area contributed by atoms with E-state index in [9.17, 15) is 8.78 Å². The van der Waals surface area contributed by atoms with Crippen LogP contribution < -0.4 is 0 Å². The molecule has 0 N–H and O–H groups in total. The molecule has 0 amide bonds. The van der Waals surface area contributed by atoms with E-state index in [-0.39, 0.29) is 5.56 Å². The third kappa shape index (κ3) is 2.36. The first-order valence-electron chi connectivity index (χ1n) is 5.17. The molecule has 0 aliphatic carbocycles. The molecule has 0 fully saturated rings. The van der Waals surface area contributed by atoms with Gasteiger partial charge in [-0.2, -0.15) is 5.26 Å². The molecule has 86 valence electrons. The summed E-state index contributed by atoms with van der Waals surface area (Å²) in [5.41, 5.74) is 0.777. The summed E-state index contributed by atoms with van der Waals surface area (Å²) in [6.07, 6.45) is 0. The Balaban J connectivity index is 2.53. The Kier molecular flexibility index (Phi) is 3.36. The third-order valence-electron chi connectivity index (χ3n) is 2.39. The highest BCUT2D eigenvalue weighted by Crippen LogP contribution is 2.23. The molecule has 0 saturated carbocycles. The minimum Gasteiger partial charge on any atom is -0.205 e. The van der Waals surface area contributed by atoms with E-state index in [1.807, 2.05) is 12.0 Å². The molecule has 18 heavy (non-hydrogen) atoms. The lowest BCUT2D eigenvalue weighted by Crippen LogP contribution is -1.92. The fraction of sp³-hybridized carbons (Fsp3) is 0. The van der Waals surface area contributed by atoms with Gasteiger partial charge in [0.2, 0.25) is 0 Å². The Labute approximate surface area is 103 Å². The Morgan fingerprint density at radius 1 is 0.889 bits per heavy atom. The average Bonchev–Trinajstić information content (AvgIpc) is 2.39. The molecule has 0 spiro atoms. The van der Waals surface area contributed by atoms with Crippen LogP contribution in [-0.2, 0) is 0 Å². The maximum atomic E-state index is 13.7. The number of rotatable bonds is 1. The summed E-state index contributed by atoms with van der Waals surface area (Å²) in [7, 11) is 0. The quantitative estimate of drug-likeness (QED) is 0.698. The lowest BCUT2D eigenvalue weighted by atomic mass is 10.0. The summed E-state index contributed by atoms with van der Waals surface area (Å²) < 4.78 is 27.3. The van der Waals surface area contributed by atoms with Crippen LogP contribution in [-0.4, -0.2) is 0 Å². The second-order valence-electron chi connectivity index (χ2n) is 3.54. The largest absolute Gasteiger partial charge is 0.205 e. The number of hydrogen-bond donors (Lipinski definition) is 0. The number of benzene rings is 2. The number of nitrogens with zero attached hydrogens (tertiary/aromatic N) is 1. The van der Waals surface area contributed by atoms with E-state index < -0.39 is 11.6 Å². The zero-order chi connectivity index (χ0) is 13.0. The molecule has 2 rings (SSSR count). The average molecular weight is 239 g/mol. The lowest BCUT2D eigenvalue weighted by molar-refractivity contribution is 0.578. The highest BCUT2D eigenvalue weighted by Gasteiger charge is 2.10. The van der Waals surface area contributed by atoms with Crippen LogP contribution in [0, 0.1) is 34.8 Å². The molecule has 0 radical (unpaired) electrons. The van der Waals surface area contributed by atoms with Gasteiger partial charge < -0.3 is 0 Å². The molecule has 1 nitrogen and oxygen atoms in total. The van der Waals surface area contributed by atoms with Crippen molar-refractivity contribution in [2.24, 2.45) is 0 Å². The molecule has 0 unspecified atom stereocenters. The van der Waals surface area contributed by atoms with Gasteiger partial charge in [0.15, 0.2) is 6.07 Å². The van der Waals surface area contributed by atoms with Crippen LogP contribution in [0.25, 0.3) is 11.1 Å². The molecule has 0 aromatic heterocycles. The molecule has 2 aromatic rings. The van der Waals surface area contributed by atoms with E-state index in [0.717, 1.165) is 5.56 Å². The van der Waals surface area contributed by atoms with Gasteiger partial charge in [0.25, 0.3) is 0 Å². The van der Waals surface area contributed by atoms with Crippen LogP contribution >= 0.6 is 0 Å². The van der Waals surface area contributed by atoms with Crippen molar-refractivity contribution >= 4 is 0 Å². The van der Waals surface area contributed by atoms with Crippen LogP contribution in [0.3, 0.4) is 0 Å². The van der Waals surface area contributed by atoms with Crippen molar-refractivity contribution in [1.29, 1.82) is 5.26 Å².